The van der Waals surface area contributed by atoms with Crippen LogP contribution in [0.1, 0.15) is 13.3 Å². The third kappa shape index (κ3) is 4.61. The molecule has 0 saturated carbocycles. The van der Waals surface area contributed by atoms with Gasteiger partial charge in [-0.2, -0.15) is 4.98 Å². The van der Waals surface area contributed by atoms with Gasteiger partial charge in [0.15, 0.2) is 11.6 Å². The lowest BCUT2D eigenvalue weighted by Gasteiger charge is -2.14. The zero-order valence-corrected chi connectivity index (χ0v) is 10.6. The van der Waals surface area contributed by atoms with Gasteiger partial charge in [0.2, 0.25) is 5.95 Å². The number of halogens is 1. The first-order valence-corrected chi connectivity index (χ1v) is 6.81. The van der Waals surface area contributed by atoms with Crippen LogP contribution in [0.4, 0.5) is 16.2 Å². The van der Waals surface area contributed by atoms with Crippen molar-refractivity contribution in [3.63, 3.8) is 0 Å². The Hall–Kier alpha value is -1.28. The molecule has 2 unspecified atom stereocenters. The number of rotatable bonds is 6. The van der Waals surface area contributed by atoms with Crippen LogP contribution in [-0.2, 0) is 10.8 Å². The molecule has 96 valence electrons. The fourth-order valence-corrected chi connectivity index (χ4v) is 1.87. The summed E-state index contributed by atoms with van der Waals surface area (Å²) in [5.74, 6) is 5.37. The quantitative estimate of drug-likeness (QED) is 0.509. The average molecular weight is 261 g/mol. The minimum Gasteiger partial charge on any atom is -0.365 e. The highest BCUT2D eigenvalue weighted by Gasteiger charge is 2.10. The van der Waals surface area contributed by atoms with Crippen LogP contribution in [0, 0.1) is 5.82 Å². The molecule has 1 heterocycles. The molecule has 6 nitrogen and oxygen atoms in total. The van der Waals surface area contributed by atoms with Crippen molar-refractivity contribution in [3.05, 3.63) is 12.0 Å². The first-order chi connectivity index (χ1) is 8.02. The fourth-order valence-electron chi connectivity index (χ4n) is 1.19. The van der Waals surface area contributed by atoms with Gasteiger partial charge in [-0.3, -0.25) is 9.63 Å². The van der Waals surface area contributed by atoms with Gasteiger partial charge in [-0.25, -0.2) is 15.2 Å². The van der Waals surface area contributed by atoms with Crippen LogP contribution in [0.25, 0.3) is 0 Å². The van der Waals surface area contributed by atoms with Crippen molar-refractivity contribution < 1.29 is 8.60 Å². The molecule has 0 spiro atoms. The van der Waals surface area contributed by atoms with E-state index in [-0.39, 0.29) is 17.8 Å². The van der Waals surface area contributed by atoms with Gasteiger partial charge in [0.1, 0.15) is 0 Å². The first kappa shape index (κ1) is 13.8. The Bertz CT molecular complexity index is 403. The second kappa shape index (κ2) is 6.45. The van der Waals surface area contributed by atoms with Crippen molar-refractivity contribution in [1.29, 1.82) is 0 Å². The van der Waals surface area contributed by atoms with E-state index in [9.17, 15) is 8.60 Å². The van der Waals surface area contributed by atoms with Crippen LogP contribution in [0.15, 0.2) is 6.20 Å². The third-order valence-corrected chi connectivity index (χ3v) is 2.91. The lowest BCUT2D eigenvalue weighted by Crippen LogP contribution is -2.20. The molecule has 0 aliphatic rings. The minimum atomic E-state index is -0.854. The average Bonchev–Trinajstić information content (AvgIpc) is 2.29. The summed E-state index contributed by atoms with van der Waals surface area (Å²) in [4.78, 5) is 7.48. The summed E-state index contributed by atoms with van der Waals surface area (Å²) in [6.45, 7) is 1.87. The topological polar surface area (TPSA) is 92.9 Å². The zero-order chi connectivity index (χ0) is 12.8. The predicted octanol–water partition coefficient (Wildman–Crippen LogP) is 0.470. The largest absolute Gasteiger partial charge is 0.365 e. The summed E-state index contributed by atoms with van der Waals surface area (Å²) in [5.41, 5.74) is 2.24. The summed E-state index contributed by atoms with van der Waals surface area (Å²) in [6.07, 6.45) is 3.33. The molecule has 0 aromatic carbocycles. The third-order valence-electron chi connectivity index (χ3n) is 2.09. The van der Waals surface area contributed by atoms with Gasteiger partial charge in [-0.1, -0.05) is 0 Å². The van der Waals surface area contributed by atoms with E-state index in [1.807, 2.05) is 6.92 Å². The molecular formula is C9H16FN5OS. The van der Waals surface area contributed by atoms with Gasteiger partial charge in [-0.15, -0.1) is 0 Å². The van der Waals surface area contributed by atoms with Gasteiger partial charge < -0.3 is 5.32 Å². The number of nitrogens with zero attached hydrogens (tertiary/aromatic N) is 2. The Labute approximate surface area is 102 Å². The highest BCUT2D eigenvalue weighted by Crippen LogP contribution is 2.13. The molecule has 2 atom stereocenters. The molecule has 0 aliphatic heterocycles. The molecule has 1 aromatic rings. The van der Waals surface area contributed by atoms with Crippen molar-refractivity contribution in [1.82, 2.24) is 9.97 Å². The second-order valence-electron chi connectivity index (χ2n) is 3.65. The molecule has 0 aliphatic carbocycles. The summed E-state index contributed by atoms with van der Waals surface area (Å²) in [5, 5.41) is 2.88. The smallest absolute Gasteiger partial charge is 0.239 e. The molecule has 0 radical (unpaired) electrons. The number of hydrogen-bond donors (Lipinski definition) is 3. The molecule has 4 N–H and O–H groups in total. The maximum Gasteiger partial charge on any atom is 0.239 e. The normalized spacial score (nSPS) is 14.1. The van der Waals surface area contributed by atoms with Crippen molar-refractivity contribution in [2.24, 2.45) is 5.84 Å². The van der Waals surface area contributed by atoms with Crippen LogP contribution in [0.3, 0.4) is 0 Å². The van der Waals surface area contributed by atoms with E-state index < -0.39 is 16.6 Å². The number of nitrogens with two attached hydrogens (primary N) is 1. The number of hydrogen-bond acceptors (Lipinski definition) is 6. The number of aromatic nitrogens is 2. The van der Waals surface area contributed by atoms with Crippen LogP contribution >= 0.6 is 0 Å². The maximum absolute atomic E-state index is 13.3. The van der Waals surface area contributed by atoms with E-state index in [1.54, 1.807) is 6.26 Å². The molecule has 0 bridgehead atoms. The number of nitrogens with one attached hydrogen (secondary N) is 2. The Kier molecular flexibility index (Phi) is 5.23. The maximum atomic E-state index is 13.3. The molecule has 1 aromatic heterocycles. The molecule has 1 rings (SSSR count). The van der Waals surface area contributed by atoms with Gasteiger partial charge >= 0.3 is 0 Å². The van der Waals surface area contributed by atoms with E-state index in [1.165, 1.54) is 0 Å². The van der Waals surface area contributed by atoms with Crippen LogP contribution in [-0.4, -0.2) is 32.2 Å². The molecule has 0 amide bonds. The minimum absolute atomic E-state index is 0.0334. The lowest BCUT2D eigenvalue weighted by molar-refractivity contribution is 0.611. The molecule has 17 heavy (non-hydrogen) atoms. The molecule has 0 fully saturated rings. The summed E-state index contributed by atoms with van der Waals surface area (Å²) in [7, 11) is -0.854. The highest BCUT2D eigenvalue weighted by molar-refractivity contribution is 7.84. The first-order valence-electron chi connectivity index (χ1n) is 5.08. The summed E-state index contributed by atoms with van der Waals surface area (Å²) < 4.78 is 24.3. The Morgan fingerprint density at radius 2 is 2.35 bits per heavy atom. The van der Waals surface area contributed by atoms with Gasteiger partial charge in [0.05, 0.1) is 6.20 Å². The Morgan fingerprint density at radius 3 is 2.94 bits per heavy atom. The van der Waals surface area contributed by atoms with Crippen LogP contribution in [0.2, 0.25) is 0 Å². The van der Waals surface area contributed by atoms with Gasteiger partial charge in [-0.05, 0) is 13.3 Å². The van der Waals surface area contributed by atoms with Crippen molar-refractivity contribution >= 4 is 22.6 Å². The van der Waals surface area contributed by atoms with E-state index >= 15 is 0 Å². The van der Waals surface area contributed by atoms with Crippen molar-refractivity contribution in [2.45, 2.75) is 19.4 Å². The molecule has 8 heteroatoms. The molecular weight excluding hydrogens is 245 g/mol. The standard InChI is InChI=1S/C9H16FN5OS/c1-6(3-4-17(2)16)13-8-7(10)5-12-9(14-8)15-11/h5-6H,3-4,11H2,1-2H3,(H2,12,13,14,15). The van der Waals surface area contributed by atoms with Crippen molar-refractivity contribution in [2.75, 3.05) is 22.8 Å². The van der Waals surface area contributed by atoms with Crippen molar-refractivity contribution in [3.8, 4) is 0 Å². The van der Waals surface area contributed by atoms with E-state index in [0.717, 1.165) is 6.20 Å². The Balaban J connectivity index is 2.63. The monoisotopic (exact) mass is 261 g/mol. The SMILES string of the molecule is CC(CCS(C)=O)Nc1nc(NN)ncc1F. The van der Waals surface area contributed by atoms with Crippen LogP contribution in [0.5, 0.6) is 0 Å². The van der Waals surface area contributed by atoms with Gasteiger partial charge in [0, 0.05) is 28.9 Å². The van der Waals surface area contributed by atoms with Gasteiger partial charge in [0.25, 0.3) is 0 Å². The summed E-state index contributed by atoms with van der Waals surface area (Å²) >= 11 is 0. The number of nitrogen functional groups attached to an aromatic ring is 1. The van der Waals surface area contributed by atoms with Crippen LogP contribution < -0.4 is 16.6 Å². The van der Waals surface area contributed by atoms with E-state index in [2.05, 4.69) is 20.7 Å². The highest BCUT2D eigenvalue weighted by atomic mass is 32.2. The fraction of sp³-hybridized carbons (Fsp3) is 0.556. The zero-order valence-electron chi connectivity index (χ0n) is 9.74. The second-order valence-corrected chi connectivity index (χ2v) is 5.20. The Morgan fingerprint density at radius 1 is 1.65 bits per heavy atom. The predicted molar refractivity (Wildman–Crippen MR) is 66.4 cm³/mol. The van der Waals surface area contributed by atoms with E-state index in [4.69, 9.17) is 5.84 Å². The number of hydrazine groups is 1. The lowest BCUT2D eigenvalue weighted by atomic mass is 10.2. The number of anilines is 2. The molecule has 0 saturated heterocycles. The van der Waals surface area contributed by atoms with E-state index in [0.29, 0.717) is 12.2 Å². The summed E-state index contributed by atoms with van der Waals surface area (Å²) in [6, 6.07) is -0.0334.